The Morgan fingerprint density at radius 2 is 1.90 bits per heavy atom. The lowest BCUT2D eigenvalue weighted by molar-refractivity contribution is -0.130. The highest BCUT2D eigenvalue weighted by atomic mass is 19.1. The molecular weight excluding hydrogens is 526 g/mol. The number of benzene rings is 2. The number of halogens is 2. The summed E-state index contributed by atoms with van der Waals surface area (Å²) in [7, 11) is 0. The van der Waals surface area contributed by atoms with Crippen molar-refractivity contribution >= 4 is 17.6 Å². The summed E-state index contributed by atoms with van der Waals surface area (Å²) in [6.07, 6.45) is 6.64. The van der Waals surface area contributed by atoms with Crippen molar-refractivity contribution < 1.29 is 18.4 Å². The fourth-order valence-corrected chi connectivity index (χ4v) is 5.88. The van der Waals surface area contributed by atoms with Crippen molar-refractivity contribution in [3.05, 3.63) is 77.2 Å². The van der Waals surface area contributed by atoms with Gasteiger partial charge in [0.15, 0.2) is 5.82 Å². The topological polar surface area (TPSA) is 82.5 Å². The minimum atomic E-state index is -0.551. The molecule has 218 valence electrons. The van der Waals surface area contributed by atoms with Crippen molar-refractivity contribution in [2.45, 2.75) is 64.6 Å². The summed E-state index contributed by atoms with van der Waals surface area (Å²) in [6.45, 7) is 7.48. The molecule has 0 bridgehead atoms. The van der Waals surface area contributed by atoms with Gasteiger partial charge in [0.25, 0.3) is 0 Å². The lowest BCUT2D eigenvalue weighted by atomic mass is 9.87. The summed E-state index contributed by atoms with van der Waals surface area (Å²) in [4.78, 5) is 33.6. The average molecular weight is 565 g/mol. The van der Waals surface area contributed by atoms with E-state index in [0.29, 0.717) is 42.6 Å². The van der Waals surface area contributed by atoms with E-state index in [1.807, 2.05) is 40.8 Å². The van der Waals surface area contributed by atoms with Crippen LogP contribution in [0, 0.1) is 11.6 Å². The standard InChI is InChI=1S/C31H38F2N6O2/c1-3-6-28(35-25-10-9-22-15-24(32)16-27(33)26(22)17-25)31(41)36-30-19-39(20-34-30)29-8-5-4-7-23(29)18-37-11-13-38(14-12-37)21(2)40/h4-5,7-8,15-16,19-20,25,28,35H,3,6,9-14,17-18H2,1-2H3,(H,36,41)/t25-,28?/m0/s1. The smallest absolute Gasteiger partial charge is 0.242 e. The normalized spacial score (nSPS) is 18.1. The SMILES string of the molecule is CCCC(N[C@H]1CCc2cc(F)cc(F)c2C1)C(=O)Nc1cn(-c2ccccc2CN2CCN(C(C)=O)CC2)cn1. The number of hydrogen-bond acceptors (Lipinski definition) is 5. The second-order valence-electron chi connectivity index (χ2n) is 11.0. The van der Waals surface area contributed by atoms with E-state index in [2.05, 4.69) is 26.6 Å². The number of anilines is 1. The molecule has 41 heavy (non-hydrogen) atoms. The molecule has 2 amide bonds. The highest BCUT2D eigenvalue weighted by Crippen LogP contribution is 2.26. The lowest BCUT2D eigenvalue weighted by Crippen LogP contribution is -2.48. The van der Waals surface area contributed by atoms with Crippen LogP contribution in [0.4, 0.5) is 14.6 Å². The zero-order chi connectivity index (χ0) is 28.9. The van der Waals surface area contributed by atoms with Gasteiger partial charge < -0.3 is 20.1 Å². The van der Waals surface area contributed by atoms with Crippen LogP contribution in [-0.4, -0.2) is 69.4 Å². The van der Waals surface area contributed by atoms with Gasteiger partial charge in [-0.2, -0.15) is 0 Å². The zero-order valence-electron chi connectivity index (χ0n) is 23.7. The number of para-hydroxylation sites is 1. The summed E-state index contributed by atoms with van der Waals surface area (Å²) in [5.41, 5.74) is 3.36. The van der Waals surface area contributed by atoms with Gasteiger partial charge in [0, 0.05) is 51.8 Å². The van der Waals surface area contributed by atoms with E-state index in [0.717, 1.165) is 56.5 Å². The predicted octanol–water partition coefficient (Wildman–Crippen LogP) is 4.07. The minimum absolute atomic E-state index is 0.0773. The second-order valence-corrected chi connectivity index (χ2v) is 11.0. The predicted molar refractivity (Wildman–Crippen MR) is 154 cm³/mol. The molecule has 3 aromatic rings. The number of aryl methyl sites for hydroxylation is 1. The van der Waals surface area contributed by atoms with Crippen LogP contribution in [0.15, 0.2) is 48.9 Å². The Kier molecular flexibility index (Phi) is 9.09. The highest BCUT2D eigenvalue weighted by Gasteiger charge is 2.27. The van der Waals surface area contributed by atoms with Gasteiger partial charge >= 0.3 is 0 Å². The van der Waals surface area contributed by atoms with Crippen molar-refractivity contribution in [1.82, 2.24) is 24.7 Å². The fraction of sp³-hybridized carbons (Fsp3) is 0.452. The molecule has 2 atom stereocenters. The number of amides is 2. The molecular formula is C31H38F2N6O2. The number of piperazine rings is 1. The molecule has 1 aromatic heterocycles. The van der Waals surface area contributed by atoms with Gasteiger partial charge in [0.1, 0.15) is 18.0 Å². The molecule has 10 heteroatoms. The second kappa shape index (κ2) is 12.9. The Bertz CT molecular complexity index is 1380. The van der Waals surface area contributed by atoms with Crippen molar-refractivity contribution in [3.63, 3.8) is 0 Å². The fourth-order valence-electron chi connectivity index (χ4n) is 5.88. The molecule has 2 aliphatic rings. The van der Waals surface area contributed by atoms with Crippen LogP contribution < -0.4 is 10.6 Å². The van der Waals surface area contributed by atoms with Crippen molar-refractivity contribution in [2.24, 2.45) is 0 Å². The number of fused-ring (bicyclic) bond motifs is 1. The maximum Gasteiger partial charge on any atom is 0.242 e. The van der Waals surface area contributed by atoms with Gasteiger partial charge in [-0.1, -0.05) is 31.5 Å². The molecule has 2 heterocycles. The molecule has 2 aromatic carbocycles. The van der Waals surface area contributed by atoms with Crippen LogP contribution >= 0.6 is 0 Å². The van der Waals surface area contributed by atoms with E-state index in [-0.39, 0.29) is 17.9 Å². The molecule has 8 nitrogen and oxygen atoms in total. The minimum Gasteiger partial charge on any atom is -0.340 e. The Balaban J connectivity index is 1.22. The first-order chi connectivity index (χ1) is 19.8. The maximum atomic E-state index is 14.4. The largest absolute Gasteiger partial charge is 0.340 e. The number of carbonyl (C=O) groups is 2. The summed E-state index contributed by atoms with van der Waals surface area (Å²) in [5, 5.41) is 6.38. The van der Waals surface area contributed by atoms with E-state index >= 15 is 0 Å². The molecule has 0 spiro atoms. The van der Waals surface area contributed by atoms with E-state index in [9.17, 15) is 18.4 Å². The number of rotatable bonds is 9. The molecule has 1 fully saturated rings. The molecule has 1 unspecified atom stereocenters. The summed E-state index contributed by atoms with van der Waals surface area (Å²) >= 11 is 0. The van der Waals surface area contributed by atoms with Gasteiger partial charge in [0.2, 0.25) is 11.8 Å². The monoisotopic (exact) mass is 564 g/mol. The number of nitrogens with one attached hydrogen (secondary N) is 2. The Morgan fingerprint density at radius 3 is 2.66 bits per heavy atom. The third-order valence-corrected chi connectivity index (χ3v) is 8.11. The Labute approximate surface area is 239 Å². The number of nitrogens with zero attached hydrogens (tertiary/aromatic N) is 4. The third kappa shape index (κ3) is 7.00. The summed E-state index contributed by atoms with van der Waals surface area (Å²) < 4.78 is 29.9. The summed E-state index contributed by atoms with van der Waals surface area (Å²) in [6, 6.07) is 9.91. The van der Waals surface area contributed by atoms with Gasteiger partial charge in [-0.05, 0) is 54.5 Å². The van der Waals surface area contributed by atoms with Crippen molar-refractivity contribution in [2.75, 3.05) is 31.5 Å². The van der Waals surface area contributed by atoms with Crippen LogP contribution in [0.3, 0.4) is 0 Å². The molecule has 1 aliphatic heterocycles. The number of imidazole rings is 1. The first-order valence-corrected chi connectivity index (χ1v) is 14.4. The van der Waals surface area contributed by atoms with Gasteiger partial charge in [-0.15, -0.1) is 0 Å². The Hall–Kier alpha value is -3.63. The quantitative estimate of drug-likeness (QED) is 0.410. The first kappa shape index (κ1) is 28.9. The Morgan fingerprint density at radius 1 is 1.12 bits per heavy atom. The summed E-state index contributed by atoms with van der Waals surface area (Å²) in [5.74, 6) is -0.681. The molecule has 2 N–H and O–H groups in total. The molecule has 5 rings (SSSR count). The number of aromatic nitrogens is 2. The first-order valence-electron chi connectivity index (χ1n) is 14.4. The van der Waals surface area contributed by atoms with E-state index < -0.39 is 17.7 Å². The molecule has 0 radical (unpaired) electrons. The van der Waals surface area contributed by atoms with E-state index in [1.165, 1.54) is 6.07 Å². The average Bonchev–Trinajstić information content (AvgIpc) is 3.42. The third-order valence-electron chi connectivity index (χ3n) is 8.11. The molecule has 1 saturated heterocycles. The van der Waals surface area contributed by atoms with E-state index in [4.69, 9.17) is 0 Å². The van der Waals surface area contributed by atoms with Crippen LogP contribution in [-0.2, 0) is 29.0 Å². The van der Waals surface area contributed by atoms with Gasteiger partial charge in [-0.3, -0.25) is 14.5 Å². The zero-order valence-corrected chi connectivity index (χ0v) is 23.7. The highest BCUT2D eigenvalue weighted by molar-refractivity contribution is 5.94. The lowest BCUT2D eigenvalue weighted by Gasteiger charge is -2.34. The van der Waals surface area contributed by atoms with Crippen LogP contribution in [0.2, 0.25) is 0 Å². The number of carbonyl (C=O) groups excluding carboxylic acids is 2. The van der Waals surface area contributed by atoms with Gasteiger partial charge in [0.05, 0.1) is 17.9 Å². The van der Waals surface area contributed by atoms with Crippen LogP contribution in [0.5, 0.6) is 0 Å². The number of hydrogen-bond donors (Lipinski definition) is 2. The molecule has 1 aliphatic carbocycles. The van der Waals surface area contributed by atoms with E-state index in [1.54, 1.807) is 13.3 Å². The van der Waals surface area contributed by atoms with Crippen molar-refractivity contribution in [1.29, 1.82) is 0 Å². The maximum absolute atomic E-state index is 14.4. The van der Waals surface area contributed by atoms with Gasteiger partial charge in [-0.25, -0.2) is 13.8 Å². The van der Waals surface area contributed by atoms with Crippen molar-refractivity contribution in [3.8, 4) is 5.69 Å². The molecule has 0 saturated carbocycles. The van der Waals surface area contributed by atoms with Crippen LogP contribution in [0.25, 0.3) is 5.69 Å². The van der Waals surface area contributed by atoms with Crippen LogP contribution in [0.1, 0.15) is 49.8 Å².